The van der Waals surface area contributed by atoms with Crippen LogP contribution in [0, 0.1) is 6.92 Å². The number of nitrogens with two attached hydrogens (primary N) is 1. The van der Waals surface area contributed by atoms with E-state index >= 15 is 0 Å². The smallest absolute Gasteiger partial charge is 0.180 e. The maximum atomic E-state index is 5.87. The number of fused-ring (bicyclic) bond motifs is 1. The Morgan fingerprint density at radius 2 is 2.12 bits per heavy atom. The van der Waals surface area contributed by atoms with Crippen LogP contribution in [-0.2, 0) is 0 Å². The SMILES string of the molecule is Cc1cccc(-c2nc3nccc(N)c3[nH]2)c1. The molecular formula is C13H12N4. The fraction of sp³-hybridized carbons (Fsp3) is 0.0769. The maximum absolute atomic E-state index is 5.87. The number of hydrogen-bond acceptors (Lipinski definition) is 3. The van der Waals surface area contributed by atoms with Crippen LogP contribution in [0.5, 0.6) is 0 Å². The Bertz CT molecular complexity index is 685. The second-order valence-electron chi connectivity index (χ2n) is 4.05. The molecule has 2 aromatic heterocycles. The first-order valence-electron chi connectivity index (χ1n) is 5.41. The Kier molecular flexibility index (Phi) is 2.08. The number of imidazole rings is 1. The number of nitrogens with zero attached hydrogens (tertiary/aromatic N) is 2. The maximum Gasteiger partial charge on any atom is 0.180 e. The van der Waals surface area contributed by atoms with Crippen molar-refractivity contribution in [1.82, 2.24) is 15.0 Å². The van der Waals surface area contributed by atoms with Gasteiger partial charge in [-0.25, -0.2) is 9.97 Å². The highest BCUT2D eigenvalue weighted by atomic mass is 15.0. The predicted octanol–water partition coefficient (Wildman–Crippen LogP) is 2.52. The van der Waals surface area contributed by atoms with E-state index in [0.717, 1.165) is 16.9 Å². The van der Waals surface area contributed by atoms with Gasteiger partial charge in [-0.3, -0.25) is 0 Å². The predicted molar refractivity (Wildman–Crippen MR) is 68.5 cm³/mol. The van der Waals surface area contributed by atoms with E-state index in [1.54, 1.807) is 12.3 Å². The fourth-order valence-corrected chi connectivity index (χ4v) is 1.86. The average molecular weight is 224 g/mol. The van der Waals surface area contributed by atoms with E-state index in [1.807, 2.05) is 12.1 Å². The van der Waals surface area contributed by atoms with Crippen LogP contribution in [0.15, 0.2) is 36.5 Å². The van der Waals surface area contributed by atoms with Crippen molar-refractivity contribution in [3.05, 3.63) is 42.1 Å². The molecule has 4 heteroatoms. The number of hydrogen-bond donors (Lipinski definition) is 2. The summed E-state index contributed by atoms with van der Waals surface area (Å²) < 4.78 is 0. The van der Waals surface area contributed by atoms with Crippen LogP contribution in [0.2, 0.25) is 0 Å². The van der Waals surface area contributed by atoms with Crippen LogP contribution in [-0.4, -0.2) is 15.0 Å². The van der Waals surface area contributed by atoms with Crippen LogP contribution in [0.1, 0.15) is 5.56 Å². The minimum Gasteiger partial charge on any atom is -0.397 e. The third kappa shape index (κ3) is 1.63. The molecule has 0 radical (unpaired) electrons. The third-order valence-corrected chi connectivity index (χ3v) is 2.72. The molecule has 2 heterocycles. The molecule has 84 valence electrons. The topological polar surface area (TPSA) is 67.6 Å². The number of nitrogen functional groups attached to an aromatic ring is 1. The Labute approximate surface area is 98.5 Å². The molecule has 0 bridgehead atoms. The molecule has 0 saturated heterocycles. The Hall–Kier alpha value is -2.36. The molecule has 0 atom stereocenters. The zero-order valence-electron chi connectivity index (χ0n) is 9.44. The molecule has 1 aromatic carbocycles. The summed E-state index contributed by atoms with van der Waals surface area (Å²) in [6.45, 7) is 2.05. The number of nitrogens with one attached hydrogen (secondary N) is 1. The summed E-state index contributed by atoms with van der Waals surface area (Å²) in [4.78, 5) is 11.8. The number of benzene rings is 1. The number of aromatic amines is 1. The molecule has 0 aliphatic rings. The van der Waals surface area contributed by atoms with Crippen molar-refractivity contribution in [3.63, 3.8) is 0 Å². The highest BCUT2D eigenvalue weighted by Crippen LogP contribution is 2.22. The lowest BCUT2D eigenvalue weighted by atomic mass is 10.1. The van der Waals surface area contributed by atoms with Crippen molar-refractivity contribution in [2.45, 2.75) is 6.92 Å². The molecule has 3 N–H and O–H groups in total. The van der Waals surface area contributed by atoms with E-state index in [1.165, 1.54) is 5.56 Å². The van der Waals surface area contributed by atoms with Gasteiger partial charge >= 0.3 is 0 Å². The average Bonchev–Trinajstić information content (AvgIpc) is 2.74. The number of pyridine rings is 1. The quantitative estimate of drug-likeness (QED) is 0.667. The van der Waals surface area contributed by atoms with Gasteiger partial charge in [-0.1, -0.05) is 23.8 Å². The monoisotopic (exact) mass is 224 g/mol. The van der Waals surface area contributed by atoms with Crippen LogP contribution >= 0.6 is 0 Å². The molecule has 17 heavy (non-hydrogen) atoms. The van der Waals surface area contributed by atoms with E-state index in [2.05, 4.69) is 34.0 Å². The summed E-state index contributed by atoms with van der Waals surface area (Å²) in [5.74, 6) is 0.800. The second-order valence-corrected chi connectivity index (χ2v) is 4.05. The van der Waals surface area contributed by atoms with Crippen LogP contribution in [0.25, 0.3) is 22.6 Å². The molecular weight excluding hydrogens is 212 g/mol. The first-order chi connectivity index (χ1) is 8.24. The van der Waals surface area contributed by atoms with Gasteiger partial charge in [-0.15, -0.1) is 0 Å². The van der Waals surface area contributed by atoms with E-state index in [0.29, 0.717) is 11.3 Å². The fourth-order valence-electron chi connectivity index (χ4n) is 1.86. The third-order valence-electron chi connectivity index (χ3n) is 2.72. The minimum atomic E-state index is 0.654. The van der Waals surface area contributed by atoms with Crippen molar-refractivity contribution in [1.29, 1.82) is 0 Å². The first-order valence-corrected chi connectivity index (χ1v) is 5.41. The van der Waals surface area contributed by atoms with E-state index < -0.39 is 0 Å². The second kappa shape index (κ2) is 3.59. The lowest BCUT2D eigenvalue weighted by Crippen LogP contribution is -1.87. The van der Waals surface area contributed by atoms with Gasteiger partial charge < -0.3 is 10.7 Å². The lowest BCUT2D eigenvalue weighted by Gasteiger charge is -1.97. The molecule has 3 rings (SSSR count). The highest BCUT2D eigenvalue weighted by Gasteiger charge is 2.07. The number of aryl methyl sites for hydroxylation is 1. The standard InChI is InChI=1S/C13H12N4/c1-8-3-2-4-9(7-8)12-16-11-10(14)5-6-15-13(11)17-12/h2-7H,1H3,(H3,14,15,16,17). The molecule has 3 aromatic rings. The zero-order valence-corrected chi connectivity index (χ0v) is 9.44. The number of aromatic nitrogens is 3. The van der Waals surface area contributed by atoms with Gasteiger partial charge in [0.1, 0.15) is 11.3 Å². The Balaban J connectivity index is 2.22. The number of H-pyrrole nitrogens is 1. The van der Waals surface area contributed by atoms with Gasteiger partial charge in [0, 0.05) is 11.8 Å². The largest absolute Gasteiger partial charge is 0.397 e. The highest BCUT2D eigenvalue weighted by molar-refractivity contribution is 5.86. The number of anilines is 1. The summed E-state index contributed by atoms with van der Waals surface area (Å²) >= 11 is 0. The molecule has 0 aliphatic carbocycles. The van der Waals surface area contributed by atoms with E-state index in [9.17, 15) is 0 Å². The lowest BCUT2D eigenvalue weighted by molar-refractivity contribution is 1.29. The van der Waals surface area contributed by atoms with Crippen molar-refractivity contribution in [2.24, 2.45) is 0 Å². The summed E-state index contributed by atoms with van der Waals surface area (Å²) in [6.07, 6.45) is 1.67. The van der Waals surface area contributed by atoms with Crippen LogP contribution in [0.4, 0.5) is 5.69 Å². The van der Waals surface area contributed by atoms with E-state index in [4.69, 9.17) is 5.73 Å². The van der Waals surface area contributed by atoms with Gasteiger partial charge in [0.15, 0.2) is 5.65 Å². The summed E-state index contributed by atoms with van der Waals surface area (Å²) in [5.41, 5.74) is 10.2. The summed E-state index contributed by atoms with van der Waals surface area (Å²) in [5, 5.41) is 0. The molecule has 4 nitrogen and oxygen atoms in total. The molecule has 0 aliphatic heterocycles. The van der Waals surface area contributed by atoms with E-state index in [-0.39, 0.29) is 0 Å². The van der Waals surface area contributed by atoms with Gasteiger partial charge in [0.25, 0.3) is 0 Å². The summed E-state index contributed by atoms with van der Waals surface area (Å²) in [7, 11) is 0. The first kappa shape index (κ1) is 9.84. The molecule has 0 unspecified atom stereocenters. The normalized spacial score (nSPS) is 10.9. The molecule has 0 fully saturated rings. The van der Waals surface area contributed by atoms with Crippen molar-refractivity contribution >= 4 is 16.9 Å². The number of rotatable bonds is 1. The van der Waals surface area contributed by atoms with Crippen molar-refractivity contribution in [2.75, 3.05) is 5.73 Å². The molecule has 0 saturated carbocycles. The van der Waals surface area contributed by atoms with Crippen LogP contribution < -0.4 is 5.73 Å². The van der Waals surface area contributed by atoms with Gasteiger partial charge in [0.05, 0.1) is 5.69 Å². The molecule has 0 amide bonds. The zero-order chi connectivity index (χ0) is 11.8. The minimum absolute atomic E-state index is 0.654. The summed E-state index contributed by atoms with van der Waals surface area (Å²) in [6, 6.07) is 9.92. The Morgan fingerprint density at radius 3 is 2.88 bits per heavy atom. The van der Waals surface area contributed by atoms with Gasteiger partial charge in [-0.05, 0) is 19.1 Å². The van der Waals surface area contributed by atoms with Gasteiger partial charge in [0.2, 0.25) is 0 Å². The van der Waals surface area contributed by atoms with Crippen molar-refractivity contribution < 1.29 is 0 Å². The Morgan fingerprint density at radius 1 is 1.24 bits per heavy atom. The van der Waals surface area contributed by atoms with Gasteiger partial charge in [-0.2, -0.15) is 0 Å². The van der Waals surface area contributed by atoms with Crippen LogP contribution in [0.3, 0.4) is 0 Å². The molecule has 0 spiro atoms. The van der Waals surface area contributed by atoms with Crippen molar-refractivity contribution in [3.8, 4) is 11.4 Å².